The van der Waals surface area contributed by atoms with E-state index < -0.39 is 53.8 Å². The molecule has 2 aromatic rings. The Hall–Kier alpha value is -4.92. The molecule has 1 aromatic carbocycles. The lowest BCUT2D eigenvalue weighted by Gasteiger charge is -2.29. The van der Waals surface area contributed by atoms with E-state index >= 15 is 0 Å². The zero-order valence-corrected chi connectivity index (χ0v) is 29.3. The average molecular weight is 715 g/mol. The van der Waals surface area contributed by atoms with Crippen molar-refractivity contribution in [3.63, 3.8) is 0 Å². The minimum Gasteiger partial charge on any atom is -0.481 e. The van der Waals surface area contributed by atoms with Gasteiger partial charge in [-0.05, 0) is 50.3 Å². The number of carboxylic acid groups (broad SMARTS) is 3. The van der Waals surface area contributed by atoms with Crippen molar-refractivity contribution in [2.75, 3.05) is 6.61 Å². The zero-order chi connectivity index (χ0) is 37.8. The van der Waals surface area contributed by atoms with Crippen molar-refractivity contribution < 1.29 is 53.9 Å². The summed E-state index contributed by atoms with van der Waals surface area (Å²) >= 11 is 0. The van der Waals surface area contributed by atoms with Crippen LogP contribution in [0, 0.1) is 5.92 Å². The lowest BCUT2D eigenvalue weighted by Crippen LogP contribution is -2.55. The van der Waals surface area contributed by atoms with Crippen molar-refractivity contribution in [1.82, 2.24) is 20.3 Å². The summed E-state index contributed by atoms with van der Waals surface area (Å²) in [4.78, 5) is 73.1. The molecule has 3 atom stereocenters. The highest BCUT2D eigenvalue weighted by Gasteiger charge is 2.49. The van der Waals surface area contributed by atoms with E-state index in [1.807, 2.05) is 0 Å². The van der Waals surface area contributed by atoms with Crippen LogP contribution in [0.25, 0.3) is 5.69 Å². The Morgan fingerprint density at radius 1 is 0.902 bits per heavy atom. The number of esters is 1. The summed E-state index contributed by atoms with van der Waals surface area (Å²) in [6, 6.07) is 4.71. The number of amides is 1. The Balaban J connectivity index is 2.04. The molecule has 1 amide bonds. The van der Waals surface area contributed by atoms with E-state index in [1.165, 1.54) is 23.4 Å². The fourth-order valence-corrected chi connectivity index (χ4v) is 5.40. The van der Waals surface area contributed by atoms with Crippen LogP contribution in [0.2, 0.25) is 0 Å². The molecule has 1 heterocycles. The molecule has 0 saturated carbocycles. The predicted octanol–water partition coefficient (Wildman–Crippen LogP) is 4.29. The maximum absolute atomic E-state index is 13.4. The first kappa shape index (κ1) is 42.2. The Morgan fingerprint density at radius 3 is 2.10 bits per heavy atom. The summed E-state index contributed by atoms with van der Waals surface area (Å²) in [5.74, 6) is -8.56. The number of Topliss-reactive ketones (excluding diaryl/α,β-unsaturated/α-hetero) is 1. The predicted molar refractivity (Wildman–Crippen MR) is 184 cm³/mol. The van der Waals surface area contributed by atoms with E-state index in [9.17, 15) is 49.2 Å². The van der Waals surface area contributed by atoms with Crippen LogP contribution in [0.3, 0.4) is 0 Å². The van der Waals surface area contributed by atoms with Gasteiger partial charge in [0, 0.05) is 19.3 Å². The van der Waals surface area contributed by atoms with Gasteiger partial charge in [0.05, 0.1) is 30.8 Å². The van der Waals surface area contributed by atoms with Crippen LogP contribution >= 0.6 is 0 Å². The molecule has 0 spiro atoms. The van der Waals surface area contributed by atoms with Gasteiger partial charge in [-0.15, -0.1) is 5.10 Å². The van der Waals surface area contributed by atoms with Gasteiger partial charge >= 0.3 is 23.9 Å². The second-order valence-electron chi connectivity index (χ2n) is 12.4. The quantitative estimate of drug-likeness (QED) is 0.0520. The third-order valence-electron chi connectivity index (χ3n) is 8.29. The molecule has 0 radical (unpaired) electrons. The number of hydrogen-bond donors (Lipinski definition) is 5. The standard InChI is InChI=1S/C36H50N4O11/c1-3-5-6-9-12-15-27(41)16-13-10-7-8-11-14-17-28(36(50,35(48)49)23-31(42)43)32(44)37-29(33(45)46)22-25-18-20-26(21-19-25)40-24-30(38-39-40)34(47)51-4-2/h14,17-21,24,28-29,50H,3-13,15-16,22-23H2,1-2H3,(H,37,44)(H,42,43)(H,45,46)(H,48,49)/b17-14+/t28-,29+,36+/m1/s1. The van der Waals surface area contributed by atoms with Crippen LogP contribution in [-0.4, -0.2) is 89.2 Å². The van der Waals surface area contributed by atoms with Crippen molar-refractivity contribution in [1.29, 1.82) is 0 Å². The van der Waals surface area contributed by atoms with Crippen molar-refractivity contribution in [3.8, 4) is 5.69 Å². The van der Waals surface area contributed by atoms with Gasteiger partial charge in [0.1, 0.15) is 11.8 Å². The second-order valence-corrected chi connectivity index (χ2v) is 12.4. The summed E-state index contributed by atoms with van der Waals surface area (Å²) in [5, 5.41) is 49.9. The lowest BCUT2D eigenvalue weighted by atomic mass is 9.82. The number of nitrogens with zero attached hydrogens (tertiary/aromatic N) is 3. The first-order chi connectivity index (χ1) is 24.3. The summed E-state index contributed by atoms with van der Waals surface area (Å²) in [6.45, 7) is 3.96. The molecule has 5 N–H and O–H groups in total. The molecule has 51 heavy (non-hydrogen) atoms. The van der Waals surface area contributed by atoms with E-state index in [-0.39, 0.29) is 24.5 Å². The van der Waals surface area contributed by atoms with E-state index in [1.54, 1.807) is 31.2 Å². The molecule has 0 aliphatic heterocycles. The fourth-order valence-electron chi connectivity index (χ4n) is 5.40. The van der Waals surface area contributed by atoms with Crippen molar-refractivity contribution >= 4 is 35.6 Å². The fraction of sp³-hybridized carbons (Fsp3) is 0.556. The molecule has 0 aliphatic carbocycles. The Bertz CT molecular complexity index is 1490. The number of ether oxygens (including phenoxy) is 1. The zero-order valence-electron chi connectivity index (χ0n) is 29.3. The maximum Gasteiger partial charge on any atom is 0.360 e. The Morgan fingerprint density at radius 2 is 1.53 bits per heavy atom. The lowest BCUT2D eigenvalue weighted by molar-refractivity contribution is -0.172. The minimum atomic E-state index is -3.06. The summed E-state index contributed by atoms with van der Waals surface area (Å²) < 4.78 is 6.21. The molecule has 0 fully saturated rings. The molecule has 0 bridgehead atoms. The van der Waals surface area contributed by atoms with Crippen LogP contribution in [0.5, 0.6) is 0 Å². The first-order valence-corrected chi connectivity index (χ1v) is 17.4. The Labute approximate surface area is 297 Å². The molecule has 15 nitrogen and oxygen atoms in total. The summed E-state index contributed by atoms with van der Waals surface area (Å²) in [6.07, 6.45) is 12.2. The number of hydrogen-bond acceptors (Lipinski definition) is 10. The van der Waals surface area contributed by atoms with Gasteiger partial charge in [0.25, 0.3) is 0 Å². The largest absolute Gasteiger partial charge is 0.481 e. The smallest absolute Gasteiger partial charge is 0.360 e. The van der Waals surface area contributed by atoms with Crippen LogP contribution in [0.15, 0.2) is 42.6 Å². The number of nitrogens with one attached hydrogen (secondary N) is 1. The third kappa shape index (κ3) is 14.5. The van der Waals surface area contributed by atoms with Crippen molar-refractivity contribution in [3.05, 3.63) is 53.9 Å². The molecule has 0 saturated heterocycles. The number of benzene rings is 1. The molecule has 0 aliphatic rings. The highest BCUT2D eigenvalue weighted by Crippen LogP contribution is 2.26. The summed E-state index contributed by atoms with van der Waals surface area (Å²) in [7, 11) is 0. The molecule has 1 aromatic heterocycles. The molecular formula is C36H50N4O11. The SMILES string of the molecule is CCCCCCCC(=O)CCCCCC/C=C/[C@H](C(=O)N[C@@H](Cc1ccc(-n2cc(C(=O)OCC)nn2)cc1)C(=O)O)[C@@](O)(CC(=O)O)C(=O)O. The number of aliphatic carboxylic acids is 3. The number of aromatic nitrogens is 3. The van der Waals surface area contributed by atoms with Crippen LogP contribution in [0.1, 0.15) is 113 Å². The Kier molecular flexibility index (Phi) is 18.2. The van der Waals surface area contributed by atoms with Gasteiger partial charge in [0.2, 0.25) is 5.91 Å². The van der Waals surface area contributed by atoms with E-state index in [4.69, 9.17) is 4.74 Å². The topological polar surface area (TPSA) is 235 Å². The van der Waals surface area contributed by atoms with E-state index in [0.717, 1.165) is 51.0 Å². The summed E-state index contributed by atoms with van der Waals surface area (Å²) in [5.41, 5.74) is -2.12. The minimum absolute atomic E-state index is 0.00539. The van der Waals surface area contributed by atoms with E-state index in [2.05, 4.69) is 22.6 Å². The van der Waals surface area contributed by atoms with Crippen molar-refractivity contribution in [2.45, 2.75) is 115 Å². The number of carbonyl (C=O) groups is 6. The van der Waals surface area contributed by atoms with Gasteiger partial charge in [-0.2, -0.15) is 0 Å². The normalized spacial score (nSPS) is 13.6. The third-order valence-corrected chi connectivity index (χ3v) is 8.29. The van der Waals surface area contributed by atoms with Gasteiger partial charge in [-0.3, -0.25) is 14.4 Å². The number of rotatable bonds is 26. The number of unbranched alkanes of at least 4 members (excludes halogenated alkanes) is 8. The second kappa shape index (κ2) is 22.0. The molecule has 280 valence electrons. The number of ketones is 1. The van der Waals surface area contributed by atoms with Gasteiger partial charge < -0.3 is 30.5 Å². The first-order valence-electron chi connectivity index (χ1n) is 17.4. The molecular weight excluding hydrogens is 664 g/mol. The molecule has 2 rings (SSSR count). The number of allylic oxidation sites excluding steroid dienone is 1. The van der Waals surface area contributed by atoms with Gasteiger partial charge in [0.15, 0.2) is 11.3 Å². The van der Waals surface area contributed by atoms with Gasteiger partial charge in [-0.25, -0.2) is 19.1 Å². The number of aliphatic hydroxyl groups is 1. The molecule has 0 unspecified atom stereocenters. The maximum atomic E-state index is 13.4. The number of carboxylic acids is 3. The van der Waals surface area contributed by atoms with Crippen molar-refractivity contribution in [2.24, 2.45) is 5.92 Å². The van der Waals surface area contributed by atoms with Crippen LogP contribution in [0.4, 0.5) is 0 Å². The van der Waals surface area contributed by atoms with Crippen LogP contribution in [-0.2, 0) is 35.1 Å². The highest BCUT2D eigenvalue weighted by atomic mass is 16.5. The van der Waals surface area contributed by atoms with Gasteiger partial charge in [-0.1, -0.05) is 74.9 Å². The monoisotopic (exact) mass is 714 g/mol. The number of carbonyl (C=O) groups excluding carboxylic acids is 3. The average Bonchev–Trinajstić information content (AvgIpc) is 3.58. The highest BCUT2D eigenvalue weighted by molar-refractivity contribution is 5.94. The van der Waals surface area contributed by atoms with E-state index in [0.29, 0.717) is 36.9 Å². The molecule has 15 heteroatoms. The van der Waals surface area contributed by atoms with Crippen LogP contribution < -0.4 is 5.32 Å².